The summed E-state index contributed by atoms with van der Waals surface area (Å²) in [7, 11) is 4.79. The minimum atomic E-state index is -0.400. The van der Waals surface area contributed by atoms with Crippen molar-refractivity contribution in [3.63, 3.8) is 0 Å². The van der Waals surface area contributed by atoms with Crippen molar-refractivity contribution in [2.24, 2.45) is 0 Å². The van der Waals surface area contributed by atoms with Gasteiger partial charge in [-0.25, -0.2) is 0 Å². The summed E-state index contributed by atoms with van der Waals surface area (Å²) in [6, 6.07) is 15.6. The van der Waals surface area contributed by atoms with Crippen LogP contribution in [-0.4, -0.2) is 27.1 Å². The number of ketones is 1. The molecule has 2 unspecified atom stereocenters. The van der Waals surface area contributed by atoms with Gasteiger partial charge >= 0.3 is 0 Å². The Morgan fingerprint density at radius 3 is 2.36 bits per heavy atom. The normalized spacial score (nSPS) is 19.5. The lowest BCUT2D eigenvalue weighted by Crippen LogP contribution is -2.27. The quantitative estimate of drug-likeness (QED) is 0.503. The third-order valence-electron chi connectivity index (χ3n) is 6.30. The molecule has 3 aromatic rings. The lowest BCUT2D eigenvalue weighted by atomic mass is 9.80. The van der Waals surface area contributed by atoms with Crippen molar-refractivity contribution in [3.05, 3.63) is 75.6 Å². The first-order valence-corrected chi connectivity index (χ1v) is 11.7. The summed E-state index contributed by atoms with van der Waals surface area (Å²) in [6.07, 6.45) is 1.24. The predicted octanol–water partition coefficient (Wildman–Crippen LogP) is 5.75. The number of anilines is 2. The van der Waals surface area contributed by atoms with Gasteiger partial charge in [0.2, 0.25) is 5.75 Å². The lowest BCUT2D eigenvalue weighted by Gasteiger charge is -2.30. The summed E-state index contributed by atoms with van der Waals surface area (Å²) in [5.74, 6) is 1.93. The van der Waals surface area contributed by atoms with E-state index in [0.29, 0.717) is 23.7 Å². The van der Waals surface area contributed by atoms with Gasteiger partial charge in [0, 0.05) is 34.0 Å². The van der Waals surface area contributed by atoms with Crippen LogP contribution in [0.4, 0.5) is 11.4 Å². The van der Waals surface area contributed by atoms with Gasteiger partial charge in [-0.1, -0.05) is 18.2 Å². The molecule has 0 amide bonds. The van der Waals surface area contributed by atoms with Crippen molar-refractivity contribution >= 4 is 28.5 Å². The van der Waals surface area contributed by atoms with Crippen LogP contribution in [0.5, 0.6) is 17.2 Å². The van der Waals surface area contributed by atoms with Crippen LogP contribution in [0.2, 0.25) is 0 Å². The molecule has 0 fully saturated rings. The summed E-state index contributed by atoms with van der Waals surface area (Å²) < 4.78 is 16.9. The van der Waals surface area contributed by atoms with Crippen molar-refractivity contribution in [2.45, 2.75) is 24.8 Å². The molecule has 2 heterocycles. The van der Waals surface area contributed by atoms with E-state index in [1.807, 2.05) is 42.5 Å². The number of Topliss-reactive ketones (excluding diaryl/α,β-unsaturated/α-hetero) is 1. The topological polar surface area (TPSA) is 68.8 Å². The Morgan fingerprint density at radius 2 is 1.67 bits per heavy atom. The molecule has 2 N–H and O–H groups in total. The molecule has 0 saturated carbocycles. The van der Waals surface area contributed by atoms with Crippen molar-refractivity contribution in [2.75, 3.05) is 32.0 Å². The van der Waals surface area contributed by atoms with E-state index < -0.39 is 6.04 Å². The Labute approximate surface area is 197 Å². The molecular formula is C26H26N2O4S. The lowest BCUT2D eigenvalue weighted by molar-refractivity contribution is -0.116. The van der Waals surface area contributed by atoms with Gasteiger partial charge < -0.3 is 24.8 Å². The first kappa shape index (κ1) is 21.4. The molecule has 170 valence electrons. The Hall–Kier alpha value is -3.45. The van der Waals surface area contributed by atoms with Crippen molar-refractivity contribution < 1.29 is 19.0 Å². The minimum Gasteiger partial charge on any atom is -0.493 e. The van der Waals surface area contributed by atoms with Crippen LogP contribution >= 0.6 is 11.3 Å². The molecule has 0 saturated heterocycles. The van der Waals surface area contributed by atoms with Gasteiger partial charge in [0.15, 0.2) is 17.3 Å². The molecule has 0 bridgehead atoms. The number of hydrogen-bond acceptors (Lipinski definition) is 7. The van der Waals surface area contributed by atoms with E-state index in [1.54, 1.807) is 32.7 Å². The number of nitrogens with one attached hydrogen (secondary N) is 2. The average molecular weight is 463 g/mol. The fourth-order valence-electron chi connectivity index (χ4n) is 4.80. The van der Waals surface area contributed by atoms with Crippen LogP contribution in [0.3, 0.4) is 0 Å². The van der Waals surface area contributed by atoms with E-state index in [4.69, 9.17) is 14.2 Å². The van der Waals surface area contributed by atoms with Gasteiger partial charge in [-0.2, -0.15) is 0 Å². The Bertz CT molecular complexity index is 1220. The van der Waals surface area contributed by atoms with Crippen molar-refractivity contribution in [1.29, 1.82) is 0 Å². The fraction of sp³-hybridized carbons (Fsp3) is 0.269. The zero-order valence-electron chi connectivity index (χ0n) is 18.8. The maximum Gasteiger partial charge on any atom is 0.203 e. The van der Waals surface area contributed by atoms with E-state index in [9.17, 15) is 4.79 Å². The second-order valence-corrected chi connectivity index (χ2v) is 9.09. The third-order valence-corrected chi connectivity index (χ3v) is 7.33. The van der Waals surface area contributed by atoms with Crippen LogP contribution < -0.4 is 24.8 Å². The van der Waals surface area contributed by atoms with Gasteiger partial charge in [0.05, 0.1) is 38.7 Å². The van der Waals surface area contributed by atoms with E-state index in [2.05, 4.69) is 22.1 Å². The van der Waals surface area contributed by atoms with Crippen molar-refractivity contribution in [1.82, 2.24) is 0 Å². The molecule has 2 aliphatic rings. The zero-order valence-corrected chi connectivity index (χ0v) is 19.6. The van der Waals surface area contributed by atoms with Gasteiger partial charge in [-0.15, -0.1) is 11.3 Å². The second kappa shape index (κ2) is 8.83. The highest BCUT2D eigenvalue weighted by Gasteiger charge is 2.38. The second-order valence-electron chi connectivity index (χ2n) is 8.11. The number of hydrogen-bond donors (Lipinski definition) is 2. The summed E-state index contributed by atoms with van der Waals surface area (Å²) in [6.45, 7) is 0. The van der Waals surface area contributed by atoms with Crippen LogP contribution in [-0.2, 0) is 4.79 Å². The summed E-state index contributed by atoms with van der Waals surface area (Å²) >= 11 is 1.71. The van der Waals surface area contributed by atoms with Gasteiger partial charge in [-0.05, 0) is 42.1 Å². The van der Waals surface area contributed by atoms with E-state index in [1.165, 1.54) is 4.88 Å². The Kier molecular flexibility index (Phi) is 5.72. The van der Waals surface area contributed by atoms with Gasteiger partial charge in [0.1, 0.15) is 0 Å². The molecule has 0 radical (unpaired) electrons. The molecule has 7 heteroatoms. The van der Waals surface area contributed by atoms with Gasteiger partial charge in [-0.3, -0.25) is 4.79 Å². The summed E-state index contributed by atoms with van der Waals surface area (Å²) in [4.78, 5) is 14.9. The number of rotatable bonds is 5. The fourth-order valence-corrected chi connectivity index (χ4v) is 5.63. The number of fused-ring (bicyclic) bond motifs is 1. The highest BCUT2D eigenvalue weighted by Crippen LogP contribution is 2.49. The Balaban J connectivity index is 1.68. The average Bonchev–Trinajstić information content (AvgIpc) is 3.32. The molecule has 6 nitrogen and oxygen atoms in total. The number of methoxy groups -OCH3 is 3. The Morgan fingerprint density at radius 1 is 0.879 bits per heavy atom. The minimum absolute atomic E-state index is 0.129. The molecule has 1 aliphatic carbocycles. The van der Waals surface area contributed by atoms with Crippen LogP contribution in [0.1, 0.15) is 35.2 Å². The smallest absolute Gasteiger partial charge is 0.203 e. The molecule has 33 heavy (non-hydrogen) atoms. The van der Waals surface area contributed by atoms with Crippen LogP contribution in [0.15, 0.2) is 65.2 Å². The first-order chi connectivity index (χ1) is 16.1. The number of allylic oxidation sites excluding steroid dienone is 1. The molecule has 0 spiro atoms. The number of carbonyl (C=O) groups excluding carboxylic acids is 1. The largest absolute Gasteiger partial charge is 0.493 e. The number of benzene rings is 2. The molecule has 1 aromatic heterocycles. The van der Waals surface area contributed by atoms with Crippen LogP contribution in [0.25, 0.3) is 0 Å². The SMILES string of the molecule is COc1ccc(C2Nc3ccccc3NC3=C2C(=O)CC(c2cccs2)C3)c(OC)c1OC. The maximum absolute atomic E-state index is 13.7. The summed E-state index contributed by atoms with van der Waals surface area (Å²) in [5.41, 5.74) is 4.39. The maximum atomic E-state index is 13.7. The highest BCUT2D eigenvalue weighted by atomic mass is 32.1. The first-order valence-electron chi connectivity index (χ1n) is 10.9. The van der Waals surface area contributed by atoms with Crippen molar-refractivity contribution in [3.8, 4) is 17.2 Å². The molecule has 2 aromatic carbocycles. The highest BCUT2D eigenvalue weighted by molar-refractivity contribution is 7.10. The van der Waals surface area contributed by atoms with Crippen LogP contribution in [0, 0.1) is 0 Å². The zero-order chi connectivity index (χ0) is 22.9. The molecule has 2 atom stereocenters. The van der Waals surface area contributed by atoms with E-state index >= 15 is 0 Å². The van der Waals surface area contributed by atoms with E-state index in [-0.39, 0.29) is 11.7 Å². The van der Waals surface area contributed by atoms with Gasteiger partial charge in [0.25, 0.3) is 0 Å². The number of ether oxygens (including phenoxy) is 3. The third kappa shape index (κ3) is 3.72. The number of para-hydroxylation sites is 2. The molecule has 5 rings (SSSR count). The monoisotopic (exact) mass is 462 g/mol. The molecular weight excluding hydrogens is 436 g/mol. The number of carbonyl (C=O) groups is 1. The summed E-state index contributed by atoms with van der Waals surface area (Å²) in [5, 5.41) is 9.25. The number of thiophene rings is 1. The predicted molar refractivity (Wildman–Crippen MR) is 131 cm³/mol. The standard InChI is InChI=1S/C26H26N2O4S/c1-30-21-11-10-16(25(31-2)26(21)32-3)24-23-19(27-17-7-4-5-8-18(17)28-24)13-15(14-20(23)29)22-9-6-12-33-22/h4-12,15,24,27-28H,13-14H2,1-3H3. The molecule has 1 aliphatic heterocycles. The van der Waals surface area contributed by atoms with E-state index in [0.717, 1.165) is 34.6 Å².